The van der Waals surface area contributed by atoms with Crippen LogP contribution in [0.1, 0.15) is 12.5 Å². The van der Waals surface area contributed by atoms with Crippen molar-refractivity contribution in [2.24, 2.45) is 10.7 Å². The highest BCUT2D eigenvalue weighted by Gasteiger charge is 2.58. The first-order valence-corrected chi connectivity index (χ1v) is 7.06. The summed E-state index contributed by atoms with van der Waals surface area (Å²) in [5, 5.41) is 10.00. The summed E-state index contributed by atoms with van der Waals surface area (Å²) in [6.45, 7) is 2.23. The van der Waals surface area contributed by atoms with Crippen LogP contribution in [0.2, 0.25) is 0 Å². The van der Waals surface area contributed by atoms with Crippen LogP contribution in [0.5, 0.6) is 0 Å². The molecule has 104 valence electrons. The Hall–Kier alpha value is -1.86. The number of amidine groups is 1. The quantitative estimate of drug-likeness (QED) is 0.811. The van der Waals surface area contributed by atoms with Crippen molar-refractivity contribution in [2.75, 3.05) is 11.4 Å². The summed E-state index contributed by atoms with van der Waals surface area (Å²) in [6, 6.07) is 6.92. The maximum Gasteiger partial charge on any atom is 0.265 e. The summed E-state index contributed by atoms with van der Waals surface area (Å²) in [5.41, 5.74) is 4.69. The van der Waals surface area contributed by atoms with Crippen molar-refractivity contribution in [2.45, 2.75) is 17.8 Å². The number of nitrogens with two attached hydrogens (primary N) is 1. The molecule has 1 aromatic rings. The molecule has 3 rings (SSSR count). The molecule has 2 atom stereocenters. The number of thioether (sulfide) groups is 1. The molecular formula is C13H13N3O3S. The Balaban J connectivity index is 2.14. The van der Waals surface area contributed by atoms with Gasteiger partial charge in [-0.05, 0) is 13.0 Å². The lowest BCUT2D eigenvalue weighted by molar-refractivity contribution is -0.140. The molecule has 0 aromatic heterocycles. The maximum absolute atomic E-state index is 12.6. The van der Waals surface area contributed by atoms with Gasteiger partial charge in [-0.3, -0.25) is 9.59 Å². The summed E-state index contributed by atoms with van der Waals surface area (Å²) < 4.78 is 0. The van der Waals surface area contributed by atoms with E-state index in [2.05, 4.69) is 4.99 Å². The predicted octanol–water partition coefficient (Wildman–Crippen LogP) is 0.197. The SMILES string of the molecule is CCN1C(=O)C(O)(C2SC(N)=NC2=O)c2ccccc21. The number of amides is 2. The van der Waals surface area contributed by atoms with Crippen molar-refractivity contribution in [1.29, 1.82) is 0 Å². The van der Waals surface area contributed by atoms with E-state index in [0.717, 1.165) is 11.8 Å². The van der Waals surface area contributed by atoms with Crippen LogP contribution in [0.4, 0.5) is 5.69 Å². The highest BCUT2D eigenvalue weighted by atomic mass is 32.2. The Labute approximate surface area is 119 Å². The lowest BCUT2D eigenvalue weighted by atomic mass is 9.91. The fraction of sp³-hybridized carbons (Fsp3) is 0.308. The van der Waals surface area contributed by atoms with Gasteiger partial charge in [0.25, 0.3) is 11.8 Å². The monoisotopic (exact) mass is 291 g/mol. The van der Waals surface area contributed by atoms with Crippen molar-refractivity contribution in [3.05, 3.63) is 29.8 Å². The van der Waals surface area contributed by atoms with E-state index in [0.29, 0.717) is 17.8 Å². The first-order valence-electron chi connectivity index (χ1n) is 6.18. The number of fused-ring (bicyclic) bond motifs is 1. The minimum absolute atomic E-state index is 0.0775. The summed E-state index contributed by atoms with van der Waals surface area (Å²) in [7, 11) is 0. The Morgan fingerprint density at radius 3 is 2.75 bits per heavy atom. The number of hydrogen-bond donors (Lipinski definition) is 2. The molecule has 2 aliphatic rings. The van der Waals surface area contributed by atoms with Crippen LogP contribution in [-0.4, -0.2) is 33.9 Å². The number of para-hydroxylation sites is 1. The number of carbonyl (C=O) groups excluding carboxylic acids is 2. The van der Waals surface area contributed by atoms with Gasteiger partial charge in [0.1, 0.15) is 5.25 Å². The van der Waals surface area contributed by atoms with E-state index in [9.17, 15) is 14.7 Å². The summed E-state index contributed by atoms with van der Waals surface area (Å²) in [4.78, 5) is 29.6. The van der Waals surface area contributed by atoms with Crippen LogP contribution in [0, 0.1) is 0 Å². The summed E-state index contributed by atoms with van der Waals surface area (Å²) in [6.07, 6.45) is 0. The number of rotatable bonds is 2. The van der Waals surface area contributed by atoms with E-state index >= 15 is 0 Å². The third kappa shape index (κ3) is 1.53. The number of carbonyl (C=O) groups is 2. The highest BCUT2D eigenvalue weighted by Crippen LogP contribution is 2.47. The largest absolute Gasteiger partial charge is 0.378 e. The van der Waals surface area contributed by atoms with E-state index in [-0.39, 0.29) is 5.17 Å². The van der Waals surface area contributed by atoms with Gasteiger partial charge in [-0.1, -0.05) is 30.0 Å². The smallest absolute Gasteiger partial charge is 0.265 e. The molecule has 0 saturated carbocycles. The van der Waals surface area contributed by atoms with Crippen LogP contribution >= 0.6 is 11.8 Å². The molecule has 2 amide bonds. The second-order valence-corrected chi connectivity index (χ2v) is 5.74. The van der Waals surface area contributed by atoms with Gasteiger partial charge in [0.05, 0.1) is 5.69 Å². The molecule has 20 heavy (non-hydrogen) atoms. The lowest BCUT2D eigenvalue weighted by Crippen LogP contribution is -2.49. The Kier molecular flexibility index (Phi) is 2.84. The van der Waals surface area contributed by atoms with Crippen molar-refractivity contribution < 1.29 is 14.7 Å². The van der Waals surface area contributed by atoms with Gasteiger partial charge in [0.15, 0.2) is 10.8 Å². The van der Waals surface area contributed by atoms with Crippen LogP contribution in [0.25, 0.3) is 0 Å². The summed E-state index contributed by atoms with van der Waals surface area (Å²) >= 11 is 0.930. The minimum atomic E-state index is -1.90. The second-order valence-electron chi connectivity index (χ2n) is 4.62. The predicted molar refractivity (Wildman–Crippen MR) is 76.4 cm³/mol. The lowest BCUT2D eigenvalue weighted by Gasteiger charge is -2.26. The van der Waals surface area contributed by atoms with Gasteiger partial charge in [-0.15, -0.1) is 0 Å². The van der Waals surface area contributed by atoms with E-state index in [1.54, 1.807) is 24.3 Å². The topological polar surface area (TPSA) is 96.0 Å². The standard InChI is InChI=1S/C13H13N3O3S/c1-2-16-8-6-4-3-5-7(8)13(19,11(16)18)9-10(17)15-12(14)20-9/h3-6,9,19H,2H2,1H3,(H2,14,15,17). The molecule has 0 aliphatic carbocycles. The average molecular weight is 291 g/mol. The van der Waals surface area contributed by atoms with Gasteiger partial charge in [-0.25, -0.2) is 0 Å². The molecule has 3 N–H and O–H groups in total. The molecule has 6 nitrogen and oxygen atoms in total. The van der Waals surface area contributed by atoms with Crippen molar-refractivity contribution >= 4 is 34.4 Å². The molecule has 7 heteroatoms. The molecule has 0 fully saturated rings. The zero-order valence-corrected chi connectivity index (χ0v) is 11.6. The maximum atomic E-state index is 12.6. The average Bonchev–Trinajstić information content (AvgIpc) is 2.88. The molecule has 0 bridgehead atoms. The number of benzene rings is 1. The van der Waals surface area contributed by atoms with E-state index in [1.807, 2.05) is 6.92 Å². The van der Waals surface area contributed by atoms with Gasteiger partial charge in [0, 0.05) is 12.1 Å². The third-order valence-corrected chi connectivity index (χ3v) is 4.67. The number of aliphatic imine (C=N–C) groups is 1. The molecule has 0 spiro atoms. The molecule has 0 radical (unpaired) electrons. The number of anilines is 1. The molecule has 2 unspecified atom stereocenters. The van der Waals surface area contributed by atoms with Gasteiger partial charge < -0.3 is 15.7 Å². The first kappa shape index (κ1) is 13.1. The Morgan fingerprint density at radius 1 is 1.45 bits per heavy atom. The molecule has 2 heterocycles. The number of nitrogens with zero attached hydrogens (tertiary/aromatic N) is 2. The fourth-order valence-electron chi connectivity index (χ4n) is 2.66. The highest BCUT2D eigenvalue weighted by molar-refractivity contribution is 8.15. The zero-order chi connectivity index (χ0) is 14.5. The number of aliphatic hydroxyl groups is 1. The van der Waals surface area contributed by atoms with E-state index < -0.39 is 22.7 Å². The van der Waals surface area contributed by atoms with Crippen molar-refractivity contribution in [1.82, 2.24) is 0 Å². The molecule has 1 aromatic carbocycles. The molecular weight excluding hydrogens is 278 g/mol. The first-order chi connectivity index (χ1) is 9.50. The van der Waals surface area contributed by atoms with Crippen molar-refractivity contribution in [3.8, 4) is 0 Å². The Bertz CT molecular complexity index is 646. The fourth-order valence-corrected chi connectivity index (χ4v) is 3.59. The van der Waals surface area contributed by atoms with Gasteiger partial charge in [0.2, 0.25) is 0 Å². The molecule has 2 aliphatic heterocycles. The van der Waals surface area contributed by atoms with Crippen molar-refractivity contribution in [3.63, 3.8) is 0 Å². The Morgan fingerprint density at radius 2 is 2.15 bits per heavy atom. The second kappa shape index (κ2) is 4.32. The third-order valence-electron chi connectivity index (χ3n) is 3.56. The summed E-state index contributed by atoms with van der Waals surface area (Å²) in [5.74, 6) is -1.08. The zero-order valence-electron chi connectivity index (χ0n) is 10.7. The van der Waals surface area contributed by atoms with E-state index in [1.165, 1.54) is 4.90 Å². The normalized spacial score (nSPS) is 28.8. The molecule has 0 saturated heterocycles. The van der Waals surface area contributed by atoms with Gasteiger partial charge >= 0.3 is 0 Å². The number of hydrogen-bond acceptors (Lipinski definition) is 5. The number of likely N-dealkylation sites (N-methyl/N-ethyl adjacent to an activating group) is 1. The minimum Gasteiger partial charge on any atom is -0.378 e. The van der Waals surface area contributed by atoms with Crippen LogP contribution < -0.4 is 10.6 Å². The van der Waals surface area contributed by atoms with E-state index in [4.69, 9.17) is 5.73 Å². The van der Waals surface area contributed by atoms with Gasteiger partial charge in [-0.2, -0.15) is 4.99 Å². The van der Waals surface area contributed by atoms with Crippen LogP contribution in [0.3, 0.4) is 0 Å². The van der Waals surface area contributed by atoms with Crippen LogP contribution in [0.15, 0.2) is 29.3 Å². The van der Waals surface area contributed by atoms with Crippen LogP contribution in [-0.2, 0) is 15.2 Å².